The Morgan fingerprint density at radius 2 is 2.22 bits per heavy atom. The third-order valence-electron chi connectivity index (χ3n) is 3.52. The lowest BCUT2D eigenvalue weighted by Crippen LogP contribution is -2.38. The highest BCUT2D eigenvalue weighted by Gasteiger charge is 2.31. The van der Waals surface area contributed by atoms with Crippen molar-refractivity contribution in [2.45, 2.75) is 32.7 Å². The van der Waals surface area contributed by atoms with Crippen LogP contribution in [0.5, 0.6) is 5.75 Å². The molecule has 1 aliphatic heterocycles. The van der Waals surface area contributed by atoms with Crippen LogP contribution in [0.1, 0.15) is 37.0 Å². The van der Waals surface area contributed by atoms with Gasteiger partial charge >= 0.3 is 0 Å². The van der Waals surface area contributed by atoms with Crippen molar-refractivity contribution in [3.8, 4) is 5.75 Å². The van der Waals surface area contributed by atoms with Crippen LogP contribution in [0.4, 0.5) is 0 Å². The van der Waals surface area contributed by atoms with E-state index in [1.54, 1.807) is 18.2 Å². The molecule has 1 saturated heterocycles. The molecule has 1 atom stereocenters. The molecule has 1 aliphatic rings. The molecule has 1 amide bonds. The Kier molecular flexibility index (Phi) is 4.14. The number of benzene rings is 1. The zero-order valence-corrected chi connectivity index (χ0v) is 12.8. The van der Waals surface area contributed by atoms with E-state index in [1.165, 1.54) is 0 Å². The lowest BCUT2D eigenvalue weighted by atomic mass is 10.0. The minimum Gasteiger partial charge on any atom is -0.507 e. The van der Waals surface area contributed by atoms with E-state index in [4.69, 9.17) is 0 Å². The first-order chi connectivity index (χ1) is 8.50. The molecule has 0 aromatic heterocycles. The van der Waals surface area contributed by atoms with E-state index >= 15 is 0 Å². The van der Waals surface area contributed by atoms with Gasteiger partial charge in [0.05, 0.1) is 3.57 Å². The van der Waals surface area contributed by atoms with Gasteiger partial charge in [0, 0.05) is 18.2 Å². The van der Waals surface area contributed by atoms with Gasteiger partial charge in [-0.25, -0.2) is 0 Å². The number of hydrogen-bond donors (Lipinski definition) is 1. The molecule has 0 spiro atoms. The lowest BCUT2D eigenvalue weighted by Gasteiger charge is -2.27. The maximum Gasteiger partial charge on any atom is 0.254 e. The molecule has 1 unspecified atom stereocenters. The summed E-state index contributed by atoms with van der Waals surface area (Å²) in [5, 5.41) is 9.69. The lowest BCUT2D eigenvalue weighted by molar-refractivity contribution is 0.0701. The van der Waals surface area contributed by atoms with Gasteiger partial charge in [0.2, 0.25) is 0 Å². The number of amides is 1. The highest BCUT2D eigenvalue weighted by molar-refractivity contribution is 14.1. The fourth-order valence-electron chi connectivity index (χ4n) is 2.55. The number of likely N-dealkylation sites (tertiary alicyclic amines) is 1. The molecule has 1 fully saturated rings. The highest BCUT2D eigenvalue weighted by atomic mass is 127. The van der Waals surface area contributed by atoms with Gasteiger partial charge in [-0.3, -0.25) is 4.79 Å². The average molecular weight is 359 g/mol. The Morgan fingerprint density at radius 1 is 1.50 bits per heavy atom. The number of rotatable bonds is 2. The Labute approximate surface area is 121 Å². The predicted octanol–water partition coefficient (Wildman–Crippen LogP) is 3.26. The van der Waals surface area contributed by atoms with E-state index in [0.717, 1.165) is 23.0 Å². The molecule has 2 rings (SSSR count). The quantitative estimate of drug-likeness (QED) is 0.824. The number of halogens is 1. The molecule has 0 aliphatic carbocycles. The number of aromatic hydroxyl groups is 1. The van der Waals surface area contributed by atoms with E-state index in [1.807, 2.05) is 4.90 Å². The second-order valence-electron chi connectivity index (χ2n) is 5.12. The van der Waals surface area contributed by atoms with Crippen molar-refractivity contribution in [2.75, 3.05) is 6.54 Å². The van der Waals surface area contributed by atoms with Gasteiger partial charge in [0.25, 0.3) is 5.91 Å². The average Bonchev–Trinajstić information content (AvgIpc) is 2.81. The van der Waals surface area contributed by atoms with Crippen molar-refractivity contribution in [2.24, 2.45) is 5.92 Å². The van der Waals surface area contributed by atoms with Crippen molar-refractivity contribution < 1.29 is 9.90 Å². The van der Waals surface area contributed by atoms with Gasteiger partial charge in [0.15, 0.2) is 0 Å². The van der Waals surface area contributed by atoms with Crippen molar-refractivity contribution in [1.29, 1.82) is 0 Å². The Balaban J connectivity index is 2.22. The van der Waals surface area contributed by atoms with Crippen molar-refractivity contribution in [3.05, 3.63) is 27.3 Å². The minimum atomic E-state index is 0.0397. The van der Waals surface area contributed by atoms with Crippen LogP contribution in [0.25, 0.3) is 0 Å². The van der Waals surface area contributed by atoms with Gasteiger partial charge in [-0.15, -0.1) is 0 Å². The minimum absolute atomic E-state index is 0.0397. The van der Waals surface area contributed by atoms with E-state index in [9.17, 15) is 9.90 Å². The molecule has 18 heavy (non-hydrogen) atoms. The Bertz CT molecular complexity index is 459. The van der Waals surface area contributed by atoms with Crippen LogP contribution < -0.4 is 0 Å². The normalized spacial score (nSPS) is 19.6. The highest BCUT2D eigenvalue weighted by Crippen LogP contribution is 2.27. The maximum absolute atomic E-state index is 12.4. The first-order valence-corrected chi connectivity index (χ1v) is 7.38. The largest absolute Gasteiger partial charge is 0.507 e. The molecular weight excluding hydrogens is 341 g/mol. The summed E-state index contributed by atoms with van der Waals surface area (Å²) in [5.74, 6) is 0.702. The topological polar surface area (TPSA) is 40.5 Å². The van der Waals surface area contributed by atoms with Gasteiger partial charge < -0.3 is 10.0 Å². The SMILES string of the molecule is CC(C)C1CCCN1C(=O)c1ccc(I)c(O)c1. The number of phenols is 1. The van der Waals surface area contributed by atoms with Crippen LogP contribution in [0.15, 0.2) is 18.2 Å². The first-order valence-electron chi connectivity index (χ1n) is 6.30. The van der Waals surface area contributed by atoms with E-state index in [0.29, 0.717) is 17.5 Å². The molecule has 0 radical (unpaired) electrons. The number of hydrogen-bond acceptors (Lipinski definition) is 2. The Morgan fingerprint density at radius 3 is 2.83 bits per heavy atom. The van der Waals surface area contributed by atoms with Crippen LogP contribution in [-0.2, 0) is 0 Å². The molecule has 1 aromatic carbocycles. The summed E-state index contributed by atoms with van der Waals surface area (Å²) < 4.78 is 0.769. The van der Waals surface area contributed by atoms with Crippen molar-refractivity contribution in [3.63, 3.8) is 0 Å². The van der Waals surface area contributed by atoms with Crippen LogP contribution in [0, 0.1) is 9.49 Å². The van der Waals surface area contributed by atoms with Gasteiger partial charge in [-0.2, -0.15) is 0 Å². The molecule has 1 N–H and O–H groups in total. The standard InChI is InChI=1S/C14H18INO2/c1-9(2)12-4-3-7-16(12)14(18)10-5-6-11(15)13(17)8-10/h5-6,8-9,12,17H,3-4,7H2,1-2H3. The summed E-state index contributed by atoms with van der Waals surface area (Å²) >= 11 is 2.05. The molecule has 3 nitrogen and oxygen atoms in total. The number of carbonyl (C=O) groups excluding carboxylic acids is 1. The molecule has 1 aromatic rings. The van der Waals surface area contributed by atoms with E-state index in [-0.39, 0.29) is 11.7 Å². The summed E-state index contributed by atoms with van der Waals surface area (Å²) in [7, 11) is 0. The Hall–Kier alpha value is -0.780. The maximum atomic E-state index is 12.4. The smallest absolute Gasteiger partial charge is 0.254 e. The summed E-state index contributed by atoms with van der Waals surface area (Å²) in [5.41, 5.74) is 0.584. The number of phenolic OH excluding ortho intramolecular Hbond substituents is 1. The second kappa shape index (κ2) is 5.47. The molecule has 0 bridgehead atoms. The van der Waals surface area contributed by atoms with Gasteiger partial charge in [0.1, 0.15) is 5.75 Å². The number of carbonyl (C=O) groups is 1. The fourth-order valence-corrected chi connectivity index (χ4v) is 2.88. The molecule has 4 heteroatoms. The van der Waals surface area contributed by atoms with Crippen LogP contribution in [0.2, 0.25) is 0 Å². The predicted molar refractivity (Wildman–Crippen MR) is 79.7 cm³/mol. The molecule has 98 valence electrons. The van der Waals surface area contributed by atoms with Crippen LogP contribution in [0.3, 0.4) is 0 Å². The third kappa shape index (κ3) is 2.63. The van der Waals surface area contributed by atoms with E-state index in [2.05, 4.69) is 36.4 Å². The second-order valence-corrected chi connectivity index (χ2v) is 6.28. The van der Waals surface area contributed by atoms with Crippen LogP contribution >= 0.6 is 22.6 Å². The van der Waals surface area contributed by atoms with E-state index < -0.39 is 0 Å². The summed E-state index contributed by atoms with van der Waals surface area (Å²) in [6.45, 7) is 5.14. The molecule has 0 saturated carbocycles. The van der Waals surface area contributed by atoms with Gasteiger partial charge in [-0.1, -0.05) is 13.8 Å². The summed E-state index contributed by atoms with van der Waals surface area (Å²) in [4.78, 5) is 14.4. The van der Waals surface area contributed by atoms with Crippen LogP contribution in [-0.4, -0.2) is 28.5 Å². The monoisotopic (exact) mass is 359 g/mol. The molecular formula is C14H18INO2. The third-order valence-corrected chi connectivity index (χ3v) is 4.43. The van der Waals surface area contributed by atoms with Crippen molar-refractivity contribution >= 4 is 28.5 Å². The summed E-state index contributed by atoms with van der Waals surface area (Å²) in [6.07, 6.45) is 2.16. The summed E-state index contributed by atoms with van der Waals surface area (Å²) in [6, 6.07) is 5.47. The zero-order chi connectivity index (χ0) is 13.3. The van der Waals surface area contributed by atoms with Crippen molar-refractivity contribution in [1.82, 2.24) is 4.90 Å². The first kappa shape index (κ1) is 13.6. The number of nitrogens with zero attached hydrogens (tertiary/aromatic N) is 1. The zero-order valence-electron chi connectivity index (χ0n) is 10.7. The fraction of sp³-hybridized carbons (Fsp3) is 0.500. The molecule has 1 heterocycles. The van der Waals surface area contributed by atoms with Gasteiger partial charge in [-0.05, 0) is 59.5 Å².